The molecule has 0 aromatic heterocycles. The van der Waals surface area contributed by atoms with Crippen molar-refractivity contribution in [3.8, 4) is 0 Å². The number of hydrogen-bond acceptors (Lipinski definition) is 3. The molecule has 0 bridgehead atoms. The second kappa shape index (κ2) is 6.21. The molecule has 0 spiro atoms. The van der Waals surface area contributed by atoms with Gasteiger partial charge in [-0.1, -0.05) is 47.5 Å². The van der Waals surface area contributed by atoms with Crippen molar-refractivity contribution in [2.75, 3.05) is 13.7 Å². The average molecular weight is 373 g/mol. The number of carbonyl (C=O) groups excluding carboxylic acids is 1. The Kier molecular flexibility index (Phi) is 4.02. The molecule has 0 fully saturated rings. The number of methoxy groups -OCH3 is 1. The zero-order valence-electron chi connectivity index (χ0n) is 13.3. The zero-order chi connectivity index (χ0) is 17.6. The van der Waals surface area contributed by atoms with Gasteiger partial charge in [0.25, 0.3) is 0 Å². The number of ether oxygens (including phenoxy) is 1. The average Bonchev–Trinajstić information content (AvgIpc) is 2.82. The van der Waals surface area contributed by atoms with Crippen molar-refractivity contribution in [1.82, 2.24) is 5.32 Å². The van der Waals surface area contributed by atoms with Gasteiger partial charge in [-0.05, 0) is 23.8 Å². The molecule has 2 heterocycles. The Morgan fingerprint density at radius 1 is 1.16 bits per heavy atom. The summed E-state index contributed by atoms with van der Waals surface area (Å²) < 4.78 is 5.34. The van der Waals surface area contributed by atoms with E-state index in [-0.39, 0.29) is 5.91 Å². The Balaban J connectivity index is 1.99. The largest absolute Gasteiger partial charge is 0.482 e. The molecule has 2 aromatic carbocycles. The first-order chi connectivity index (χ1) is 12.1. The molecule has 25 heavy (non-hydrogen) atoms. The van der Waals surface area contributed by atoms with Crippen molar-refractivity contribution in [2.45, 2.75) is 5.92 Å². The lowest BCUT2D eigenvalue weighted by Crippen LogP contribution is -2.22. The van der Waals surface area contributed by atoms with Crippen LogP contribution in [-0.2, 0) is 9.53 Å². The van der Waals surface area contributed by atoms with Gasteiger partial charge in [0.15, 0.2) is 5.88 Å². The summed E-state index contributed by atoms with van der Waals surface area (Å²) in [5, 5.41) is 3.97. The van der Waals surface area contributed by atoms with Crippen LogP contribution in [0.25, 0.3) is 0 Å². The third-order valence-electron chi connectivity index (χ3n) is 4.46. The van der Waals surface area contributed by atoms with Gasteiger partial charge in [-0.25, -0.2) is 0 Å². The van der Waals surface area contributed by atoms with Crippen LogP contribution in [0.15, 0.2) is 58.9 Å². The first-order valence-corrected chi connectivity index (χ1v) is 8.53. The molecular weight excluding hydrogens is 359 g/mol. The van der Waals surface area contributed by atoms with Gasteiger partial charge in [0.2, 0.25) is 5.91 Å². The van der Waals surface area contributed by atoms with Crippen LogP contribution in [0.5, 0.6) is 0 Å². The quantitative estimate of drug-likeness (QED) is 0.868. The molecule has 1 unspecified atom stereocenters. The van der Waals surface area contributed by atoms with Crippen LogP contribution < -0.4 is 5.32 Å². The van der Waals surface area contributed by atoms with E-state index < -0.39 is 5.92 Å². The van der Waals surface area contributed by atoms with Gasteiger partial charge in [0, 0.05) is 26.7 Å². The van der Waals surface area contributed by atoms with E-state index in [0.29, 0.717) is 22.5 Å². The summed E-state index contributed by atoms with van der Waals surface area (Å²) in [7, 11) is 1.54. The highest BCUT2D eigenvalue weighted by Crippen LogP contribution is 2.38. The second-order valence-electron chi connectivity index (χ2n) is 5.86. The maximum atomic E-state index is 12.5. The van der Waals surface area contributed by atoms with Crippen LogP contribution in [-0.4, -0.2) is 25.3 Å². The maximum Gasteiger partial charge on any atom is 0.238 e. The Morgan fingerprint density at radius 2 is 1.96 bits per heavy atom. The number of rotatable bonds is 2. The topological polar surface area (TPSA) is 50.7 Å². The summed E-state index contributed by atoms with van der Waals surface area (Å²) in [6, 6.07) is 13.0. The molecule has 2 aromatic rings. The summed E-state index contributed by atoms with van der Waals surface area (Å²) in [6.07, 6.45) is 0. The van der Waals surface area contributed by atoms with Gasteiger partial charge in [-0.15, -0.1) is 0 Å². The molecule has 1 N–H and O–H groups in total. The highest BCUT2D eigenvalue weighted by molar-refractivity contribution is 6.36. The van der Waals surface area contributed by atoms with E-state index in [1.54, 1.807) is 6.07 Å². The molecule has 1 atom stereocenters. The van der Waals surface area contributed by atoms with Gasteiger partial charge >= 0.3 is 0 Å². The fourth-order valence-corrected chi connectivity index (χ4v) is 3.74. The number of hydrogen-bond donors (Lipinski definition) is 1. The first-order valence-electron chi connectivity index (χ1n) is 7.77. The molecule has 0 saturated heterocycles. The van der Waals surface area contributed by atoms with E-state index in [4.69, 9.17) is 32.9 Å². The Bertz CT molecular complexity index is 950. The molecule has 4 nitrogen and oxygen atoms in total. The lowest BCUT2D eigenvalue weighted by Gasteiger charge is -2.15. The van der Waals surface area contributed by atoms with E-state index in [1.807, 2.05) is 36.4 Å². The van der Waals surface area contributed by atoms with Gasteiger partial charge in [-0.2, -0.15) is 0 Å². The van der Waals surface area contributed by atoms with Crippen LogP contribution in [0.3, 0.4) is 0 Å². The number of nitrogens with one attached hydrogen (secondary N) is 1. The van der Waals surface area contributed by atoms with Crippen LogP contribution >= 0.6 is 23.2 Å². The third kappa shape index (κ3) is 2.62. The minimum absolute atomic E-state index is 0.119. The van der Waals surface area contributed by atoms with Crippen LogP contribution in [0.1, 0.15) is 22.6 Å². The van der Waals surface area contributed by atoms with E-state index in [1.165, 1.54) is 7.11 Å². The predicted octanol–water partition coefficient (Wildman–Crippen LogP) is 3.92. The molecule has 0 radical (unpaired) electrons. The fraction of sp³-hybridized carbons (Fsp3) is 0.158. The second-order valence-corrected chi connectivity index (χ2v) is 6.70. The van der Waals surface area contributed by atoms with Crippen molar-refractivity contribution in [3.63, 3.8) is 0 Å². The Morgan fingerprint density at radius 3 is 2.72 bits per heavy atom. The van der Waals surface area contributed by atoms with Crippen molar-refractivity contribution < 1.29 is 9.53 Å². The van der Waals surface area contributed by atoms with Crippen molar-refractivity contribution in [3.05, 3.63) is 80.7 Å². The van der Waals surface area contributed by atoms with E-state index in [0.717, 1.165) is 28.0 Å². The number of fused-ring (bicyclic) bond motifs is 3. The number of halogens is 2. The molecule has 2 aliphatic rings. The number of carbonyl (C=O) groups is 1. The van der Waals surface area contributed by atoms with Crippen molar-refractivity contribution >= 4 is 34.8 Å². The van der Waals surface area contributed by atoms with Crippen LogP contribution in [0.2, 0.25) is 10.0 Å². The monoisotopic (exact) mass is 372 g/mol. The predicted molar refractivity (Wildman–Crippen MR) is 98.3 cm³/mol. The molecule has 0 aliphatic carbocycles. The number of benzene rings is 2. The number of nitrogens with zero attached hydrogens (tertiary/aromatic N) is 1. The third-order valence-corrected chi connectivity index (χ3v) is 5.03. The minimum Gasteiger partial charge on any atom is -0.482 e. The summed E-state index contributed by atoms with van der Waals surface area (Å²) in [4.78, 5) is 17.3. The van der Waals surface area contributed by atoms with Crippen molar-refractivity contribution in [1.29, 1.82) is 0 Å². The molecular formula is C19H14Cl2N2O2. The maximum absolute atomic E-state index is 12.5. The normalized spacial score (nSPS) is 18.9. The Labute approximate surface area is 155 Å². The molecule has 2 aliphatic heterocycles. The SMILES string of the molecule is COC1=C2CN=C(c3ccccc3Cl)c3cc(Cl)ccc3C2C(=O)N1. The number of amides is 1. The molecule has 126 valence electrons. The van der Waals surface area contributed by atoms with Crippen LogP contribution in [0.4, 0.5) is 0 Å². The Hall–Kier alpha value is -2.30. The lowest BCUT2D eigenvalue weighted by molar-refractivity contribution is -0.120. The smallest absolute Gasteiger partial charge is 0.238 e. The standard InChI is InChI=1S/C19H14Cl2N2O2/c1-25-19-14-9-22-17(12-4-2-3-5-15(12)21)13-8-10(20)6-7-11(13)16(14)18(24)23-19/h2-8,16H,9H2,1H3,(H,23,24). The molecule has 6 heteroatoms. The van der Waals surface area contributed by atoms with E-state index in [2.05, 4.69) is 5.32 Å². The van der Waals surface area contributed by atoms with Gasteiger partial charge in [0.1, 0.15) is 0 Å². The van der Waals surface area contributed by atoms with Gasteiger partial charge in [0.05, 0.1) is 25.3 Å². The van der Waals surface area contributed by atoms with Crippen LogP contribution in [0, 0.1) is 0 Å². The van der Waals surface area contributed by atoms with Crippen molar-refractivity contribution in [2.24, 2.45) is 4.99 Å². The van der Waals surface area contributed by atoms with E-state index in [9.17, 15) is 4.79 Å². The van der Waals surface area contributed by atoms with Gasteiger partial charge in [-0.3, -0.25) is 15.1 Å². The fourth-order valence-electron chi connectivity index (χ4n) is 3.35. The molecule has 0 saturated carbocycles. The molecule has 1 amide bonds. The summed E-state index contributed by atoms with van der Waals surface area (Å²) >= 11 is 12.6. The highest BCUT2D eigenvalue weighted by atomic mass is 35.5. The summed E-state index contributed by atoms with van der Waals surface area (Å²) in [5.41, 5.74) is 4.02. The number of aliphatic imine (C=N–C) groups is 1. The lowest BCUT2D eigenvalue weighted by atomic mass is 9.87. The van der Waals surface area contributed by atoms with E-state index >= 15 is 0 Å². The molecule has 4 rings (SSSR count). The summed E-state index contributed by atoms with van der Waals surface area (Å²) in [6.45, 7) is 0.347. The summed E-state index contributed by atoms with van der Waals surface area (Å²) in [5.74, 6) is -0.0861. The van der Waals surface area contributed by atoms with Gasteiger partial charge < -0.3 is 4.74 Å². The highest BCUT2D eigenvalue weighted by Gasteiger charge is 2.39. The zero-order valence-corrected chi connectivity index (χ0v) is 14.9. The minimum atomic E-state index is -0.439. The first kappa shape index (κ1) is 16.2.